The highest BCUT2D eigenvalue weighted by molar-refractivity contribution is 6.09. The minimum Gasteiger partial charge on any atom is -0.497 e. The highest BCUT2D eigenvalue weighted by Gasteiger charge is 2.67. The molecule has 7 nitrogen and oxygen atoms in total. The summed E-state index contributed by atoms with van der Waals surface area (Å²) >= 11 is 0. The maximum absolute atomic E-state index is 13.0. The Bertz CT molecular complexity index is 874. The van der Waals surface area contributed by atoms with Crippen LogP contribution in [0.4, 0.5) is 5.69 Å². The van der Waals surface area contributed by atoms with Gasteiger partial charge in [0.25, 0.3) is 0 Å². The molecule has 7 heteroatoms. The molecule has 1 aliphatic heterocycles. The molecule has 0 aromatic heterocycles. The van der Waals surface area contributed by atoms with E-state index in [1.807, 2.05) is 0 Å². The van der Waals surface area contributed by atoms with Gasteiger partial charge in [-0.3, -0.25) is 19.3 Å². The van der Waals surface area contributed by atoms with Crippen molar-refractivity contribution in [3.63, 3.8) is 0 Å². The average Bonchev–Trinajstić information content (AvgIpc) is 3.49. The summed E-state index contributed by atoms with van der Waals surface area (Å²) < 4.78 is 10.4. The predicted molar refractivity (Wildman–Crippen MR) is 99.6 cm³/mol. The van der Waals surface area contributed by atoms with Crippen molar-refractivity contribution in [1.29, 1.82) is 0 Å². The van der Waals surface area contributed by atoms with E-state index in [-0.39, 0.29) is 42.0 Å². The van der Waals surface area contributed by atoms with Gasteiger partial charge in [0.1, 0.15) is 18.0 Å². The van der Waals surface area contributed by atoms with Crippen LogP contribution in [0.2, 0.25) is 0 Å². The molecule has 2 saturated carbocycles. The second-order valence-electron chi connectivity index (χ2n) is 8.03. The van der Waals surface area contributed by atoms with Crippen LogP contribution >= 0.6 is 0 Å². The number of benzene rings is 1. The second kappa shape index (κ2) is 6.09. The first-order valence-electron chi connectivity index (χ1n) is 9.59. The van der Waals surface area contributed by atoms with Gasteiger partial charge in [-0.25, -0.2) is 0 Å². The lowest BCUT2D eigenvalue weighted by molar-refractivity contribution is -0.142. The fraction of sp³-hybridized carbons (Fsp3) is 0.476. The Labute approximate surface area is 162 Å². The number of carbonyl (C=O) groups is 3. The molecular formula is C21H22N2O5. The molecule has 4 aliphatic carbocycles. The van der Waals surface area contributed by atoms with Crippen LogP contribution in [0.3, 0.4) is 0 Å². The van der Waals surface area contributed by atoms with Crippen molar-refractivity contribution in [2.75, 3.05) is 26.1 Å². The van der Waals surface area contributed by atoms with E-state index in [2.05, 4.69) is 17.5 Å². The fourth-order valence-corrected chi connectivity index (χ4v) is 5.42. The molecular weight excluding hydrogens is 360 g/mol. The monoisotopic (exact) mass is 382 g/mol. The third kappa shape index (κ3) is 2.38. The third-order valence-electron chi connectivity index (χ3n) is 6.74. The van der Waals surface area contributed by atoms with Crippen LogP contribution in [0.1, 0.15) is 6.42 Å². The molecule has 1 saturated heterocycles. The molecule has 146 valence electrons. The molecule has 1 aromatic rings. The Morgan fingerprint density at radius 2 is 1.71 bits per heavy atom. The lowest BCUT2D eigenvalue weighted by Crippen LogP contribution is -2.40. The highest BCUT2D eigenvalue weighted by atomic mass is 16.5. The van der Waals surface area contributed by atoms with Crippen molar-refractivity contribution in [3.05, 3.63) is 30.4 Å². The molecule has 1 heterocycles. The number of hydrogen-bond donors (Lipinski definition) is 1. The summed E-state index contributed by atoms with van der Waals surface area (Å²) in [5.41, 5.74) is 0.436. The van der Waals surface area contributed by atoms with Gasteiger partial charge in [-0.15, -0.1) is 0 Å². The number of nitrogens with zero attached hydrogens (tertiary/aromatic N) is 1. The lowest BCUT2D eigenvalue weighted by atomic mass is 9.63. The summed E-state index contributed by atoms with van der Waals surface area (Å²) in [5.74, 6) is 1.03. The van der Waals surface area contributed by atoms with Gasteiger partial charge < -0.3 is 14.8 Å². The number of methoxy groups -OCH3 is 2. The van der Waals surface area contributed by atoms with E-state index >= 15 is 0 Å². The first-order valence-corrected chi connectivity index (χ1v) is 9.59. The van der Waals surface area contributed by atoms with Crippen LogP contribution in [-0.2, 0) is 14.4 Å². The van der Waals surface area contributed by atoms with Gasteiger partial charge in [-0.1, -0.05) is 12.2 Å². The second-order valence-corrected chi connectivity index (χ2v) is 8.03. The SMILES string of the molecule is COc1ccc(OC)c(NC(=O)CN2C(=O)[C@@H]3[C@H]4C=C[C@@H]([C@@H]5C[C@H]45)[C@@H]3C2=O)c1. The molecule has 3 fully saturated rings. The van der Waals surface area contributed by atoms with Gasteiger partial charge >= 0.3 is 0 Å². The van der Waals surface area contributed by atoms with E-state index in [1.165, 1.54) is 14.2 Å². The van der Waals surface area contributed by atoms with E-state index in [0.717, 1.165) is 11.3 Å². The van der Waals surface area contributed by atoms with Gasteiger partial charge in [0.15, 0.2) is 0 Å². The number of ether oxygens (including phenoxy) is 2. The summed E-state index contributed by atoms with van der Waals surface area (Å²) in [6.07, 6.45) is 5.36. The van der Waals surface area contributed by atoms with Gasteiger partial charge in [-0.05, 0) is 42.2 Å². The Morgan fingerprint density at radius 1 is 1.07 bits per heavy atom. The molecule has 28 heavy (non-hydrogen) atoms. The van der Waals surface area contributed by atoms with Gasteiger partial charge in [-0.2, -0.15) is 0 Å². The molecule has 5 aliphatic rings. The third-order valence-corrected chi connectivity index (χ3v) is 6.74. The normalized spacial score (nSPS) is 34.1. The Balaban J connectivity index is 1.33. The molecule has 1 aromatic carbocycles. The fourth-order valence-electron chi connectivity index (χ4n) is 5.42. The van der Waals surface area contributed by atoms with Crippen molar-refractivity contribution in [1.82, 2.24) is 4.90 Å². The van der Waals surface area contributed by atoms with Crippen LogP contribution in [-0.4, -0.2) is 43.4 Å². The lowest BCUT2D eigenvalue weighted by Gasteiger charge is -2.37. The average molecular weight is 382 g/mol. The molecule has 2 bridgehead atoms. The van der Waals surface area contributed by atoms with Crippen molar-refractivity contribution >= 4 is 23.4 Å². The van der Waals surface area contributed by atoms with Crippen molar-refractivity contribution < 1.29 is 23.9 Å². The van der Waals surface area contributed by atoms with Gasteiger partial charge in [0, 0.05) is 6.07 Å². The molecule has 0 radical (unpaired) electrons. The summed E-state index contributed by atoms with van der Waals surface area (Å²) in [7, 11) is 3.04. The Hall–Kier alpha value is -2.83. The Morgan fingerprint density at radius 3 is 2.29 bits per heavy atom. The zero-order valence-corrected chi connectivity index (χ0v) is 15.8. The van der Waals surface area contributed by atoms with Crippen LogP contribution in [0.15, 0.2) is 30.4 Å². The quantitative estimate of drug-likeness (QED) is 0.619. The number of amides is 3. The largest absolute Gasteiger partial charge is 0.497 e. The minimum atomic E-state index is -0.433. The molecule has 0 spiro atoms. The van der Waals surface area contributed by atoms with Crippen molar-refractivity contribution in [2.24, 2.45) is 35.5 Å². The number of imide groups is 1. The number of nitrogens with one attached hydrogen (secondary N) is 1. The smallest absolute Gasteiger partial charge is 0.244 e. The first-order chi connectivity index (χ1) is 13.5. The van der Waals surface area contributed by atoms with Gasteiger partial charge in [0.2, 0.25) is 17.7 Å². The van der Waals surface area contributed by atoms with E-state index in [9.17, 15) is 14.4 Å². The number of likely N-dealkylation sites (tertiary alicyclic amines) is 1. The minimum absolute atomic E-state index is 0.156. The summed E-state index contributed by atoms with van der Waals surface area (Å²) in [6, 6.07) is 5.05. The molecule has 6 rings (SSSR count). The van der Waals surface area contributed by atoms with Crippen LogP contribution in [0, 0.1) is 35.5 Å². The molecule has 1 N–H and O–H groups in total. The molecule has 0 unspecified atom stereocenters. The number of carbonyl (C=O) groups excluding carboxylic acids is 3. The van der Waals surface area contributed by atoms with Crippen molar-refractivity contribution in [2.45, 2.75) is 6.42 Å². The number of anilines is 1. The van der Waals surface area contributed by atoms with Gasteiger partial charge in [0.05, 0.1) is 31.7 Å². The topological polar surface area (TPSA) is 84.9 Å². The van der Waals surface area contributed by atoms with Crippen LogP contribution < -0.4 is 14.8 Å². The van der Waals surface area contributed by atoms with E-state index in [0.29, 0.717) is 29.0 Å². The first kappa shape index (κ1) is 17.3. The molecule has 3 amide bonds. The summed E-state index contributed by atoms with van der Waals surface area (Å²) in [4.78, 5) is 39.7. The van der Waals surface area contributed by atoms with E-state index in [4.69, 9.17) is 9.47 Å². The maximum atomic E-state index is 13.0. The zero-order valence-electron chi connectivity index (χ0n) is 15.8. The van der Waals surface area contributed by atoms with E-state index < -0.39 is 5.91 Å². The summed E-state index contributed by atoms with van der Waals surface area (Å²) in [5, 5.41) is 2.74. The van der Waals surface area contributed by atoms with E-state index in [1.54, 1.807) is 18.2 Å². The number of hydrogen-bond acceptors (Lipinski definition) is 5. The summed E-state index contributed by atoms with van der Waals surface area (Å²) in [6.45, 7) is -0.278. The van der Waals surface area contributed by atoms with Crippen molar-refractivity contribution in [3.8, 4) is 11.5 Å². The highest BCUT2D eigenvalue weighted by Crippen LogP contribution is 2.65. The number of allylic oxidation sites excluding steroid dienone is 2. The maximum Gasteiger partial charge on any atom is 0.244 e. The Kier molecular flexibility index (Phi) is 3.76. The van der Waals surface area contributed by atoms with Crippen LogP contribution in [0.25, 0.3) is 0 Å². The van der Waals surface area contributed by atoms with Crippen LogP contribution in [0.5, 0.6) is 11.5 Å². The molecule has 6 atom stereocenters. The standard InChI is InChI=1S/C21H22N2O5/c1-27-10-3-6-16(28-2)15(7-10)22-17(24)9-23-20(25)18-11-4-5-12(14-8-13(11)14)19(18)21(23)26/h3-7,11-14,18-19H,8-9H2,1-2H3,(H,22,24)/t11-,12-,13-,14+,18-,19+/m0/s1. The predicted octanol–water partition coefficient (Wildman–Crippen LogP) is 1.70. The number of rotatable bonds is 5. The zero-order chi connectivity index (χ0) is 19.6.